The highest BCUT2D eigenvalue weighted by Gasteiger charge is 2.17. The Bertz CT molecular complexity index is 392. The zero-order valence-corrected chi connectivity index (χ0v) is 9.81. The lowest BCUT2D eigenvalue weighted by Crippen LogP contribution is -2.09. The molecule has 17 heavy (non-hydrogen) atoms. The fourth-order valence-corrected chi connectivity index (χ4v) is 1.60. The molecule has 0 bridgehead atoms. The number of aliphatic hydroxyl groups is 1. The largest absolute Gasteiger partial charge is 0.493 e. The Hall–Kier alpha value is -1.46. The summed E-state index contributed by atoms with van der Waals surface area (Å²) < 4.78 is 16.1. The molecule has 5 heteroatoms. The van der Waals surface area contributed by atoms with Crippen molar-refractivity contribution in [2.45, 2.75) is 26.0 Å². The summed E-state index contributed by atoms with van der Waals surface area (Å²) >= 11 is 0. The van der Waals surface area contributed by atoms with Crippen LogP contribution in [0.1, 0.15) is 18.9 Å². The molecule has 0 aliphatic carbocycles. The lowest BCUT2D eigenvalue weighted by Gasteiger charge is -2.12. The first-order valence-electron chi connectivity index (χ1n) is 5.64. The zero-order valence-electron chi connectivity index (χ0n) is 9.81. The minimum absolute atomic E-state index is 0.233. The standard InChI is InChI=1S/C12H17NO4/c1-8(14)2-3-15-10-5-12-11(16-7-17-12)4-9(10)6-13/h4-5,8,14H,2-3,6-7,13H2,1H3. The summed E-state index contributed by atoms with van der Waals surface area (Å²) in [4.78, 5) is 0. The topological polar surface area (TPSA) is 73.9 Å². The Balaban J connectivity index is 2.09. The molecular weight excluding hydrogens is 222 g/mol. The van der Waals surface area contributed by atoms with E-state index in [9.17, 15) is 0 Å². The van der Waals surface area contributed by atoms with Gasteiger partial charge in [0.15, 0.2) is 11.5 Å². The number of ether oxygens (including phenoxy) is 3. The second-order valence-electron chi connectivity index (χ2n) is 4.00. The summed E-state index contributed by atoms with van der Waals surface area (Å²) in [5, 5.41) is 9.16. The van der Waals surface area contributed by atoms with E-state index in [2.05, 4.69) is 0 Å². The van der Waals surface area contributed by atoms with Gasteiger partial charge in [0.25, 0.3) is 0 Å². The van der Waals surface area contributed by atoms with E-state index >= 15 is 0 Å². The van der Waals surface area contributed by atoms with Gasteiger partial charge in [-0.15, -0.1) is 0 Å². The highest BCUT2D eigenvalue weighted by molar-refractivity contribution is 5.51. The van der Waals surface area contributed by atoms with Crippen LogP contribution >= 0.6 is 0 Å². The van der Waals surface area contributed by atoms with Gasteiger partial charge < -0.3 is 25.1 Å². The van der Waals surface area contributed by atoms with E-state index in [0.29, 0.717) is 36.8 Å². The summed E-state index contributed by atoms with van der Waals surface area (Å²) in [6.07, 6.45) is 0.212. The smallest absolute Gasteiger partial charge is 0.231 e. The van der Waals surface area contributed by atoms with Gasteiger partial charge in [-0.2, -0.15) is 0 Å². The number of nitrogens with two attached hydrogens (primary N) is 1. The van der Waals surface area contributed by atoms with Crippen LogP contribution in [0.5, 0.6) is 17.2 Å². The predicted octanol–water partition coefficient (Wildman–Crippen LogP) is 1.02. The maximum absolute atomic E-state index is 9.16. The average molecular weight is 239 g/mol. The normalized spacial score (nSPS) is 14.8. The number of rotatable bonds is 5. The lowest BCUT2D eigenvalue weighted by atomic mass is 10.1. The molecular formula is C12H17NO4. The molecule has 1 heterocycles. The molecule has 2 rings (SSSR count). The van der Waals surface area contributed by atoms with Crippen molar-refractivity contribution in [3.63, 3.8) is 0 Å². The Labute approximate surface area is 100 Å². The Kier molecular flexibility index (Phi) is 3.71. The van der Waals surface area contributed by atoms with Crippen LogP contribution in [0.25, 0.3) is 0 Å². The lowest BCUT2D eigenvalue weighted by molar-refractivity contribution is 0.155. The maximum atomic E-state index is 9.16. The first-order valence-corrected chi connectivity index (χ1v) is 5.64. The molecule has 0 spiro atoms. The van der Waals surface area contributed by atoms with E-state index in [4.69, 9.17) is 25.1 Å². The van der Waals surface area contributed by atoms with Crippen molar-refractivity contribution in [1.29, 1.82) is 0 Å². The van der Waals surface area contributed by atoms with Crippen LogP contribution in [0.2, 0.25) is 0 Å². The summed E-state index contributed by atoms with van der Waals surface area (Å²) in [5.41, 5.74) is 6.53. The first kappa shape index (κ1) is 12.0. The minimum Gasteiger partial charge on any atom is -0.493 e. The molecule has 1 aliphatic rings. The van der Waals surface area contributed by atoms with E-state index in [1.165, 1.54) is 0 Å². The highest BCUT2D eigenvalue weighted by Crippen LogP contribution is 2.38. The van der Waals surface area contributed by atoms with Crippen LogP contribution in [0.4, 0.5) is 0 Å². The molecule has 94 valence electrons. The van der Waals surface area contributed by atoms with Gasteiger partial charge in [-0.3, -0.25) is 0 Å². The van der Waals surface area contributed by atoms with Gasteiger partial charge in [-0.1, -0.05) is 0 Å². The third-order valence-electron chi connectivity index (χ3n) is 2.57. The maximum Gasteiger partial charge on any atom is 0.231 e. The van der Waals surface area contributed by atoms with E-state index in [-0.39, 0.29) is 12.9 Å². The quantitative estimate of drug-likeness (QED) is 0.802. The van der Waals surface area contributed by atoms with E-state index < -0.39 is 0 Å². The second-order valence-corrected chi connectivity index (χ2v) is 4.00. The van der Waals surface area contributed by atoms with Crippen molar-refractivity contribution >= 4 is 0 Å². The zero-order chi connectivity index (χ0) is 12.3. The van der Waals surface area contributed by atoms with Gasteiger partial charge in [0.2, 0.25) is 6.79 Å². The summed E-state index contributed by atoms with van der Waals surface area (Å²) in [6, 6.07) is 3.62. The molecule has 0 fully saturated rings. The van der Waals surface area contributed by atoms with Gasteiger partial charge >= 0.3 is 0 Å². The number of benzene rings is 1. The third-order valence-corrected chi connectivity index (χ3v) is 2.57. The van der Waals surface area contributed by atoms with Crippen molar-refractivity contribution in [3.05, 3.63) is 17.7 Å². The second kappa shape index (κ2) is 5.25. The van der Waals surface area contributed by atoms with Crippen molar-refractivity contribution in [3.8, 4) is 17.2 Å². The van der Waals surface area contributed by atoms with Gasteiger partial charge in [0, 0.05) is 24.6 Å². The van der Waals surface area contributed by atoms with Crippen LogP contribution < -0.4 is 19.9 Å². The Morgan fingerprint density at radius 1 is 1.41 bits per heavy atom. The van der Waals surface area contributed by atoms with Gasteiger partial charge in [-0.25, -0.2) is 0 Å². The molecule has 1 aliphatic heterocycles. The molecule has 0 saturated carbocycles. The number of hydrogen-bond donors (Lipinski definition) is 2. The van der Waals surface area contributed by atoms with Gasteiger partial charge in [0.1, 0.15) is 5.75 Å². The number of fused-ring (bicyclic) bond motifs is 1. The molecule has 0 saturated heterocycles. The Morgan fingerprint density at radius 3 is 2.76 bits per heavy atom. The Morgan fingerprint density at radius 2 is 2.12 bits per heavy atom. The van der Waals surface area contributed by atoms with E-state index in [1.807, 2.05) is 6.07 Å². The van der Waals surface area contributed by atoms with Crippen LogP contribution in [0.3, 0.4) is 0 Å². The molecule has 0 amide bonds. The molecule has 0 aromatic heterocycles. The van der Waals surface area contributed by atoms with Crippen molar-refractivity contribution in [1.82, 2.24) is 0 Å². The van der Waals surface area contributed by atoms with Crippen LogP contribution in [-0.2, 0) is 6.54 Å². The summed E-state index contributed by atoms with van der Waals surface area (Å²) in [7, 11) is 0. The summed E-state index contributed by atoms with van der Waals surface area (Å²) in [5.74, 6) is 2.07. The number of aliphatic hydroxyl groups excluding tert-OH is 1. The van der Waals surface area contributed by atoms with Crippen LogP contribution in [-0.4, -0.2) is 24.6 Å². The minimum atomic E-state index is -0.370. The van der Waals surface area contributed by atoms with Crippen LogP contribution in [0.15, 0.2) is 12.1 Å². The summed E-state index contributed by atoms with van der Waals surface area (Å²) in [6.45, 7) is 2.79. The molecule has 3 N–H and O–H groups in total. The molecule has 1 aromatic carbocycles. The third kappa shape index (κ3) is 2.81. The molecule has 5 nitrogen and oxygen atoms in total. The van der Waals surface area contributed by atoms with E-state index in [1.54, 1.807) is 13.0 Å². The molecule has 1 aromatic rings. The van der Waals surface area contributed by atoms with Gasteiger partial charge in [0.05, 0.1) is 12.7 Å². The monoisotopic (exact) mass is 239 g/mol. The SMILES string of the molecule is CC(O)CCOc1cc2c(cc1CN)OCO2. The van der Waals surface area contributed by atoms with Crippen molar-refractivity contribution in [2.24, 2.45) is 5.73 Å². The number of hydrogen-bond acceptors (Lipinski definition) is 5. The van der Waals surface area contributed by atoms with Gasteiger partial charge in [-0.05, 0) is 13.0 Å². The fraction of sp³-hybridized carbons (Fsp3) is 0.500. The highest BCUT2D eigenvalue weighted by atomic mass is 16.7. The van der Waals surface area contributed by atoms with Crippen molar-refractivity contribution in [2.75, 3.05) is 13.4 Å². The fourth-order valence-electron chi connectivity index (χ4n) is 1.60. The predicted molar refractivity (Wildman–Crippen MR) is 62.2 cm³/mol. The van der Waals surface area contributed by atoms with E-state index in [0.717, 1.165) is 5.56 Å². The molecule has 1 unspecified atom stereocenters. The molecule has 0 radical (unpaired) electrons. The molecule has 1 atom stereocenters. The first-order chi connectivity index (χ1) is 8.20. The average Bonchev–Trinajstić information content (AvgIpc) is 2.74. The van der Waals surface area contributed by atoms with Crippen LogP contribution in [0, 0.1) is 0 Å². The van der Waals surface area contributed by atoms with Crippen molar-refractivity contribution < 1.29 is 19.3 Å².